The number of hydrogen-bond donors (Lipinski definition) is 1. The van der Waals surface area contributed by atoms with Gasteiger partial charge in [0.1, 0.15) is 18.0 Å². The maximum Gasteiger partial charge on any atom is 0.410 e. The lowest BCUT2D eigenvalue weighted by Gasteiger charge is -2.47. The van der Waals surface area contributed by atoms with Gasteiger partial charge in [-0.15, -0.1) is 0 Å². The Labute approximate surface area is 347 Å². The van der Waals surface area contributed by atoms with Gasteiger partial charge >= 0.3 is 12.1 Å². The number of ether oxygens (including phenoxy) is 3. The van der Waals surface area contributed by atoms with Crippen molar-refractivity contribution in [2.24, 2.45) is 0 Å². The predicted octanol–water partition coefficient (Wildman–Crippen LogP) is 5.69. The number of halogens is 1. The molecule has 0 spiro atoms. The van der Waals surface area contributed by atoms with Crippen LogP contribution in [0.1, 0.15) is 76.6 Å². The molecular formula is C46H60FN5O7. The summed E-state index contributed by atoms with van der Waals surface area (Å²) in [5.74, 6) is -1.04. The van der Waals surface area contributed by atoms with Crippen LogP contribution in [0.5, 0.6) is 0 Å². The Morgan fingerprint density at radius 2 is 1.64 bits per heavy atom. The molecule has 3 aliphatic heterocycles. The monoisotopic (exact) mass is 813 g/mol. The largest absolute Gasteiger partial charge is 0.461 e. The molecule has 3 aromatic rings. The van der Waals surface area contributed by atoms with Gasteiger partial charge < -0.3 is 29.3 Å². The number of benzene rings is 3. The van der Waals surface area contributed by atoms with Gasteiger partial charge in [-0.1, -0.05) is 54.6 Å². The van der Waals surface area contributed by atoms with Crippen LogP contribution in [0, 0.1) is 5.82 Å². The van der Waals surface area contributed by atoms with E-state index in [1.807, 2.05) is 83.1 Å². The Kier molecular flexibility index (Phi) is 14.1. The summed E-state index contributed by atoms with van der Waals surface area (Å²) in [5.41, 5.74) is 2.42. The number of rotatable bonds is 13. The summed E-state index contributed by atoms with van der Waals surface area (Å²) >= 11 is 0. The van der Waals surface area contributed by atoms with Gasteiger partial charge in [-0.2, -0.15) is 0 Å². The Hall–Kier alpha value is -4.85. The number of hydrogen-bond acceptors (Lipinski definition) is 9. The van der Waals surface area contributed by atoms with Crippen molar-refractivity contribution in [2.75, 3.05) is 63.9 Å². The summed E-state index contributed by atoms with van der Waals surface area (Å²) in [6.07, 6.45) is 0.701. The molecule has 0 bridgehead atoms. The molecule has 2 fully saturated rings. The van der Waals surface area contributed by atoms with Gasteiger partial charge in [0, 0.05) is 69.5 Å². The third-order valence-electron chi connectivity index (χ3n) is 11.5. The molecule has 3 aromatic carbocycles. The number of amides is 3. The van der Waals surface area contributed by atoms with Crippen LogP contribution < -0.4 is 10.2 Å². The number of esters is 1. The predicted molar refractivity (Wildman–Crippen MR) is 223 cm³/mol. The number of fused-ring (bicyclic) bond motifs is 1. The molecule has 3 amide bonds. The van der Waals surface area contributed by atoms with Crippen LogP contribution in [-0.2, 0) is 47.0 Å². The van der Waals surface area contributed by atoms with E-state index in [0.717, 1.165) is 28.8 Å². The molecular weight excluding hydrogens is 754 g/mol. The number of nitrogens with one attached hydrogen (secondary N) is 1. The fourth-order valence-electron chi connectivity index (χ4n) is 8.17. The van der Waals surface area contributed by atoms with E-state index in [4.69, 9.17) is 14.2 Å². The zero-order chi connectivity index (χ0) is 42.3. The SMILES string of the molecule is CC1CN(CC(=O)N2C[C@@](C)(C(=O)NCCCC(=O)OCc3ccccc3)c3ccc(Cc4ccc(F)cc4)cc32)C(CN2CCOC[C@H]2C)CN1C(=O)OC(C)(C)C. The number of anilines is 1. The molecule has 0 saturated carbocycles. The molecule has 13 heteroatoms. The maximum atomic E-state index is 14.7. The van der Waals surface area contributed by atoms with E-state index >= 15 is 0 Å². The minimum Gasteiger partial charge on any atom is -0.461 e. The molecule has 59 heavy (non-hydrogen) atoms. The zero-order valence-electron chi connectivity index (χ0n) is 35.4. The van der Waals surface area contributed by atoms with E-state index in [1.165, 1.54) is 12.1 Å². The molecule has 6 rings (SSSR count). The lowest BCUT2D eigenvalue weighted by atomic mass is 9.83. The van der Waals surface area contributed by atoms with Crippen molar-refractivity contribution in [2.45, 2.75) is 96.6 Å². The number of morpholine rings is 1. The van der Waals surface area contributed by atoms with Crippen LogP contribution >= 0.6 is 0 Å². The molecule has 0 radical (unpaired) electrons. The van der Waals surface area contributed by atoms with E-state index in [1.54, 1.807) is 21.9 Å². The highest BCUT2D eigenvalue weighted by Gasteiger charge is 2.47. The van der Waals surface area contributed by atoms with Gasteiger partial charge in [0.05, 0.1) is 25.2 Å². The highest BCUT2D eigenvalue weighted by atomic mass is 19.1. The van der Waals surface area contributed by atoms with Crippen LogP contribution in [0.25, 0.3) is 0 Å². The molecule has 1 N–H and O–H groups in total. The average Bonchev–Trinajstić information content (AvgIpc) is 3.50. The summed E-state index contributed by atoms with van der Waals surface area (Å²) in [7, 11) is 0. The van der Waals surface area contributed by atoms with Gasteiger partial charge in [0.15, 0.2) is 0 Å². The van der Waals surface area contributed by atoms with E-state index < -0.39 is 11.0 Å². The zero-order valence-corrected chi connectivity index (χ0v) is 35.4. The smallest absolute Gasteiger partial charge is 0.410 e. The van der Waals surface area contributed by atoms with Crippen molar-refractivity contribution in [3.63, 3.8) is 0 Å². The fraction of sp³-hybridized carbons (Fsp3) is 0.522. The Balaban J connectivity index is 1.19. The minimum absolute atomic E-state index is 0.0836. The second-order valence-electron chi connectivity index (χ2n) is 17.5. The minimum atomic E-state index is -1.07. The molecule has 318 valence electrons. The lowest BCUT2D eigenvalue weighted by Crippen LogP contribution is -2.64. The van der Waals surface area contributed by atoms with Gasteiger partial charge in [0.2, 0.25) is 11.8 Å². The summed E-state index contributed by atoms with van der Waals surface area (Å²) in [6, 6.07) is 21.5. The van der Waals surface area contributed by atoms with E-state index in [0.29, 0.717) is 51.4 Å². The molecule has 0 aromatic heterocycles. The van der Waals surface area contributed by atoms with Crippen molar-refractivity contribution < 1.29 is 37.8 Å². The molecule has 4 atom stereocenters. The third kappa shape index (κ3) is 11.3. The number of carbonyl (C=O) groups excluding carboxylic acids is 4. The second kappa shape index (κ2) is 19.0. The highest BCUT2D eigenvalue weighted by molar-refractivity contribution is 6.03. The normalized spacial score (nSPS) is 22.5. The standard InChI is InChI=1S/C46H60FN5O7/c1-32-25-50(38(26-49-21-22-57-29-33(49)2)27-51(32)44(56)59-45(3,4)5)28-41(53)52-31-46(6,39-19-16-36(24-40(39)52)23-34-14-17-37(47)18-15-34)43(55)48-20-10-13-42(54)58-30-35-11-8-7-9-12-35/h7-9,11-12,14-19,24,32-33,38H,10,13,20-23,25-31H2,1-6H3,(H,48,55)/t32?,33-,38?,46-/m1/s1. The van der Waals surface area contributed by atoms with Crippen LogP contribution in [0.2, 0.25) is 0 Å². The summed E-state index contributed by atoms with van der Waals surface area (Å²) in [4.78, 5) is 62.7. The maximum absolute atomic E-state index is 14.7. The highest BCUT2D eigenvalue weighted by Crippen LogP contribution is 2.42. The first-order valence-electron chi connectivity index (χ1n) is 20.8. The summed E-state index contributed by atoms with van der Waals surface area (Å²) in [6.45, 7) is 15.7. The number of carbonyl (C=O) groups is 4. The molecule has 2 saturated heterocycles. The molecule has 0 aliphatic carbocycles. The van der Waals surface area contributed by atoms with Gasteiger partial charge in [-0.3, -0.25) is 24.2 Å². The first kappa shape index (κ1) is 43.7. The van der Waals surface area contributed by atoms with Crippen LogP contribution in [0.4, 0.5) is 14.9 Å². The molecule has 12 nitrogen and oxygen atoms in total. The van der Waals surface area contributed by atoms with E-state index in [2.05, 4.69) is 22.0 Å². The molecule has 3 heterocycles. The van der Waals surface area contributed by atoms with Gasteiger partial charge in [0.25, 0.3) is 0 Å². The van der Waals surface area contributed by atoms with Crippen LogP contribution in [0.15, 0.2) is 72.8 Å². The fourth-order valence-corrected chi connectivity index (χ4v) is 8.17. The molecule has 3 aliphatic rings. The first-order valence-corrected chi connectivity index (χ1v) is 20.8. The first-order chi connectivity index (χ1) is 28.1. The number of nitrogens with zero attached hydrogens (tertiary/aromatic N) is 4. The topological polar surface area (TPSA) is 121 Å². The van der Waals surface area contributed by atoms with E-state index in [-0.39, 0.29) is 80.5 Å². The Morgan fingerprint density at radius 1 is 0.915 bits per heavy atom. The molecule has 2 unspecified atom stereocenters. The van der Waals surface area contributed by atoms with Crippen molar-refractivity contribution >= 4 is 29.6 Å². The second-order valence-corrected chi connectivity index (χ2v) is 17.5. The quantitative estimate of drug-likeness (QED) is 0.172. The van der Waals surface area contributed by atoms with Crippen molar-refractivity contribution in [3.05, 3.63) is 101 Å². The van der Waals surface area contributed by atoms with E-state index in [9.17, 15) is 23.6 Å². The van der Waals surface area contributed by atoms with Crippen molar-refractivity contribution in [3.8, 4) is 0 Å². The van der Waals surface area contributed by atoms with Crippen LogP contribution in [-0.4, -0.2) is 121 Å². The Bertz CT molecular complexity index is 1940. The summed E-state index contributed by atoms with van der Waals surface area (Å²) in [5, 5.41) is 3.03. The lowest BCUT2D eigenvalue weighted by molar-refractivity contribution is -0.145. The van der Waals surface area contributed by atoms with Crippen molar-refractivity contribution in [1.29, 1.82) is 0 Å². The average molecular weight is 814 g/mol. The van der Waals surface area contributed by atoms with Crippen LogP contribution in [0.3, 0.4) is 0 Å². The van der Waals surface area contributed by atoms with Gasteiger partial charge in [-0.05, 0) is 94.8 Å². The summed E-state index contributed by atoms with van der Waals surface area (Å²) < 4.78 is 30.7. The number of piperazine rings is 1. The third-order valence-corrected chi connectivity index (χ3v) is 11.5. The Morgan fingerprint density at radius 3 is 2.36 bits per heavy atom. The van der Waals surface area contributed by atoms with Crippen molar-refractivity contribution in [1.82, 2.24) is 20.0 Å². The van der Waals surface area contributed by atoms with Gasteiger partial charge in [-0.25, -0.2) is 9.18 Å².